The molecule has 0 bridgehead atoms. The van der Waals surface area contributed by atoms with Crippen molar-refractivity contribution in [3.63, 3.8) is 0 Å². The first-order chi connectivity index (χ1) is 7.15. The molecule has 0 heterocycles. The highest BCUT2D eigenvalue weighted by Gasteiger charge is 2.05. The molecule has 15 heavy (non-hydrogen) atoms. The summed E-state index contributed by atoms with van der Waals surface area (Å²) < 4.78 is 18.8. The number of benzene rings is 1. The van der Waals surface area contributed by atoms with Crippen LogP contribution in [0.4, 0.5) is 4.39 Å². The zero-order valence-electron chi connectivity index (χ0n) is 9.09. The Morgan fingerprint density at radius 3 is 2.73 bits per heavy atom. The van der Waals surface area contributed by atoms with Gasteiger partial charge in [-0.1, -0.05) is 29.3 Å². The molecule has 0 aliphatic heterocycles. The highest BCUT2D eigenvalue weighted by Crippen LogP contribution is 2.20. The SMILES string of the molecule is CCCC(C)Oc1cc(F)cc(CBr)c1. The molecule has 1 aromatic carbocycles. The van der Waals surface area contributed by atoms with Gasteiger partial charge in [-0.05, 0) is 31.0 Å². The van der Waals surface area contributed by atoms with E-state index in [9.17, 15) is 4.39 Å². The van der Waals surface area contributed by atoms with E-state index in [1.165, 1.54) is 12.1 Å². The molecule has 1 aromatic rings. The van der Waals surface area contributed by atoms with Crippen molar-refractivity contribution in [2.45, 2.75) is 38.1 Å². The summed E-state index contributed by atoms with van der Waals surface area (Å²) in [6, 6.07) is 4.80. The van der Waals surface area contributed by atoms with E-state index < -0.39 is 0 Å². The normalized spacial score (nSPS) is 12.5. The molecule has 1 rings (SSSR count). The second kappa shape index (κ2) is 6.11. The van der Waals surface area contributed by atoms with Gasteiger partial charge in [0, 0.05) is 11.4 Å². The Balaban J connectivity index is 2.71. The topological polar surface area (TPSA) is 9.23 Å². The first kappa shape index (κ1) is 12.5. The van der Waals surface area contributed by atoms with Gasteiger partial charge >= 0.3 is 0 Å². The number of alkyl halides is 1. The summed E-state index contributed by atoms with van der Waals surface area (Å²) in [6.07, 6.45) is 2.20. The number of hydrogen-bond donors (Lipinski definition) is 0. The Bertz CT molecular complexity index is 314. The van der Waals surface area contributed by atoms with Gasteiger partial charge in [-0.15, -0.1) is 0 Å². The summed E-state index contributed by atoms with van der Waals surface area (Å²) in [5.41, 5.74) is 0.897. The average Bonchev–Trinajstić information content (AvgIpc) is 2.17. The minimum Gasteiger partial charge on any atom is -0.491 e. The van der Waals surface area contributed by atoms with E-state index >= 15 is 0 Å². The predicted molar refractivity (Wildman–Crippen MR) is 64.0 cm³/mol. The van der Waals surface area contributed by atoms with Crippen LogP contribution in [-0.2, 0) is 5.33 Å². The number of hydrogen-bond acceptors (Lipinski definition) is 1. The zero-order chi connectivity index (χ0) is 11.3. The third-order valence-electron chi connectivity index (χ3n) is 2.12. The minimum absolute atomic E-state index is 0.139. The van der Waals surface area contributed by atoms with Gasteiger partial charge in [0.05, 0.1) is 6.10 Å². The van der Waals surface area contributed by atoms with Gasteiger partial charge in [0.1, 0.15) is 11.6 Å². The van der Waals surface area contributed by atoms with E-state index in [0.717, 1.165) is 18.4 Å². The number of rotatable bonds is 5. The van der Waals surface area contributed by atoms with Gasteiger partial charge < -0.3 is 4.74 Å². The molecule has 0 aliphatic carbocycles. The highest BCUT2D eigenvalue weighted by atomic mass is 79.9. The van der Waals surface area contributed by atoms with E-state index in [0.29, 0.717) is 11.1 Å². The third kappa shape index (κ3) is 4.20. The fraction of sp³-hybridized carbons (Fsp3) is 0.500. The Morgan fingerprint density at radius 1 is 1.40 bits per heavy atom. The fourth-order valence-corrected chi connectivity index (χ4v) is 1.79. The van der Waals surface area contributed by atoms with Crippen LogP contribution >= 0.6 is 15.9 Å². The van der Waals surface area contributed by atoms with E-state index in [4.69, 9.17) is 4.74 Å². The summed E-state index contributed by atoms with van der Waals surface area (Å²) in [6.45, 7) is 4.11. The van der Waals surface area contributed by atoms with Crippen LogP contribution < -0.4 is 4.74 Å². The van der Waals surface area contributed by atoms with Crippen molar-refractivity contribution >= 4 is 15.9 Å². The van der Waals surface area contributed by atoms with Gasteiger partial charge in [-0.3, -0.25) is 0 Å². The molecule has 0 fully saturated rings. The lowest BCUT2D eigenvalue weighted by Gasteiger charge is -2.14. The number of halogens is 2. The van der Waals surface area contributed by atoms with Crippen molar-refractivity contribution in [2.75, 3.05) is 0 Å². The monoisotopic (exact) mass is 274 g/mol. The molecule has 84 valence electrons. The Kier molecular flexibility index (Phi) is 5.09. The zero-order valence-corrected chi connectivity index (χ0v) is 10.7. The van der Waals surface area contributed by atoms with Crippen LogP contribution in [0, 0.1) is 5.82 Å². The largest absolute Gasteiger partial charge is 0.491 e. The second-order valence-electron chi connectivity index (χ2n) is 3.65. The van der Waals surface area contributed by atoms with E-state index in [2.05, 4.69) is 22.9 Å². The number of ether oxygens (including phenoxy) is 1. The molecular weight excluding hydrogens is 259 g/mol. The van der Waals surface area contributed by atoms with Gasteiger partial charge in [0.25, 0.3) is 0 Å². The van der Waals surface area contributed by atoms with Crippen LogP contribution in [0.2, 0.25) is 0 Å². The smallest absolute Gasteiger partial charge is 0.127 e. The molecule has 0 aromatic heterocycles. The van der Waals surface area contributed by atoms with Gasteiger partial charge in [0.2, 0.25) is 0 Å². The molecule has 0 amide bonds. The Labute approximate surface area is 98.8 Å². The molecule has 0 spiro atoms. The summed E-state index contributed by atoms with van der Waals surface area (Å²) in [4.78, 5) is 0. The molecule has 0 saturated heterocycles. The molecule has 0 N–H and O–H groups in total. The van der Waals surface area contributed by atoms with Crippen molar-refractivity contribution in [1.82, 2.24) is 0 Å². The Morgan fingerprint density at radius 2 is 2.13 bits per heavy atom. The van der Waals surface area contributed by atoms with Crippen LogP contribution in [-0.4, -0.2) is 6.10 Å². The van der Waals surface area contributed by atoms with Gasteiger partial charge in [0.15, 0.2) is 0 Å². The molecule has 1 atom stereocenters. The van der Waals surface area contributed by atoms with E-state index in [-0.39, 0.29) is 11.9 Å². The highest BCUT2D eigenvalue weighted by molar-refractivity contribution is 9.08. The maximum Gasteiger partial charge on any atom is 0.127 e. The maximum absolute atomic E-state index is 13.2. The van der Waals surface area contributed by atoms with Crippen molar-refractivity contribution in [3.05, 3.63) is 29.6 Å². The molecular formula is C12H16BrFO. The van der Waals surface area contributed by atoms with E-state index in [1.54, 1.807) is 0 Å². The third-order valence-corrected chi connectivity index (χ3v) is 2.77. The van der Waals surface area contributed by atoms with Crippen LogP contribution in [0.5, 0.6) is 5.75 Å². The summed E-state index contributed by atoms with van der Waals surface area (Å²) in [7, 11) is 0. The van der Waals surface area contributed by atoms with Crippen molar-refractivity contribution < 1.29 is 9.13 Å². The maximum atomic E-state index is 13.2. The molecule has 0 aliphatic rings. The fourth-order valence-electron chi connectivity index (χ4n) is 1.46. The predicted octanol–water partition coefficient (Wildman–Crippen LogP) is 4.29. The summed E-state index contributed by atoms with van der Waals surface area (Å²) >= 11 is 3.30. The molecule has 0 saturated carbocycles. The lowest BCUT2D eigenvalue weighted by molar-refractivity contribution is 0.209. The summed E-state index contributed by atoms with van der Waals surface area (Å²) in [5, 5.41) is 0.642. The van der Waals surface area contributed by atoms with Crippen molar-refractivity contribution in [1.29, 1.82) is 0 Å². The van der Waals surface area contributed by atoms with Gasteiger partial charge in [-0.2, -0.15) is 0 Å². The van der Waals surface area contributed by atoms with Crippen molar-refractivity contribution in [2.24, 2.45) is 0 Å². The lowest BCUT2D eigenvalue weighted by Crippen LogP contribution is -2.11. The molecule has 1 unspecified atom stereocenters. The first-order valence-electron chi connectivity index (χ1n) is 5.17. The molecule has 0 radical (unpaired) electrons. The van der Waals surface area contributed by atoms with Gasteiger partial charge in [-0.25, -0.2) is 4.39 Å². The second-order valence-corrected chi connectivity index (χ2v) is 4.21. The quantitative estimate of drug-likeness (QED) is 0.728. The van der Waals surface area contributed by atoms with Crippen LogP contribution in [0.1, 0.15) is 32.3 Å². The minimum atomic E-state index is -0.245. The van der Waals surface area contributed by atoms with Crippen LogP contribution in [0.25, 0.3) is 0 Å². The lowest BCUT2D eigenvalue weighted by atomic mass is 10.2. The van der Waals surface area contributed by atoms with Crippen LogP contribution in [0.15, 0.2) is 18.2 Å². The molecule has 1 nitrogen and oxygen atoms in total. The standard InChI is InChI=1S/C12H16BrFO/c1-3-4-9(2)15-12-6-10(8-13)5-11(14)7-12/h5-7,9H,3-4,8H2,1-2H3. The molecule has 3 heteroatoms. The van der Waals surface area contributed by atoms with Crippen LogP contribution in [0.3, 0.4) is 0 Å². The van der Waals surface area contributed by atoms with E-state index in [1.807, 2.05) is 13.0 Å². The summed E-state index contributed by atoms with van der Waals surface area (Å²) in [5.74, 6) is 0.371. The first-order valence-corrected chi connectivity index (χ1v) is 6.30. The van der Waals surface area contributed by atoms with Crippen molar-refractivity contribution in [3.8, 4) is 5.75 Å². The Hall–Kier alpha value is -0.570. The average molecular weight is 275 g/mol.